The predicted molar refractivity (Wildman–Crippen MR) is 74.8 cm³/mol. The van der Waals surface area contributed by atoms with Gasteiger partial charge >= 0.3 is 0 Å². The smallest absolute Gasteiger partial charge is 0.118 e. The standard InChI is InChI=1S/C14H20BrNO/c1-16(10-12-7-13(15)8-12)9-11-3-5-14(17-2)6-4-11/h3-6,12-13H,7-10H2,1-2H3. The average molecular weight is 298 g/mol. The molecule has 3 heteroatoms. The van der Waals surface area contributed by atoms with Crippen LogP contribution in [0.5, 0.6) is 5.75 Å². The van der Waals surface area contributed by atoms with E-state index < -0.39 is 0 Å². The van der Waals surface area contributed by atoms with Crippen LogP contribution in [0.25, 0.3) is 0 Å². The van der Waals surface area contributed by atoms with E-state index in [4.69, 9.17) is 4.74 Å². The first-order chi connectivity index (χ1) is 8.17. The van der Waals surface area contributed by atoms with E-state index in [9.17, 15) is 0 Å². The minimum absolute atomic E-state index is 0.766. The molecule has 1 aromatic carbocycles. The lowest BCUT2D eigenvalue weighted by Gasteiger charge is -2.34. The van der Waals surface area contributed by atoms with E-state index in [0.29, 0.717) is 0 Å². The van der Waals surface area contributed by atoms with Gasteiger partial charge < -0.3 is 9.64 Å². The van der Waals surface area contributed by atoms with Crippen molar-refractivity contribution in [3.05, 3.63) is 29.8 Å². The van der Waals surface area contributed by atoms with Crippen LogP contribution in [0.15, 0.2) is 24.3 Å². The van der Waals surface area contributed by atoms with Crippen LogP contribution >= 0.6 is 15.9 Å². The molecule has 1 aliphatic carbocycles. The quantitative estimate of drug-likeness (QED) is 0.773. The molecule has 0 aromatic heterocycles. The largest absolute Gasteiger partial charge is 0.497 e. The van der Waals surface area contributed by atoms with Crippen molar-refractivity contribution in [3.63, 3.8) is 0 Å². The summed E-state index contributed by atoms with van der Waals surface area (Å²) in [6.07, 6.45) is 2.65. The van der Waals surface area contributed by atoms with Crippen LogP contribution in [0.3, 0.4) is 0 Å². The molecule has 0 heterocycles. The number of ether oxygens (including phenoxy) is 1. The molecule has 0 saturated heterocycles. The molecule has 0 amide bonds. The van der Waals surface area contributed by atoms with Crippen LogP contribution in [0.4, 0.5) is 0 Å². The van der Waals surface area contributed by atoms with Crippen LogP contribution in [-0.4, -0.2) is 30.4 Å². The SMILES string of the molecule is COc1ccc(CN(C)CC2CC(Br)C2)cc1. The molecule has 0 N–H and O–H groups in total. The molecular formula is C14H20BrNO. The molecule has 1 aliphatic rings. The van der Waals surface area contributed by atoms with E-state index in [1.807, 2.05) is 12.1 Å². The fourth-order valence-electron chi connectivity index (χ4n) is 2.35. The van der Waals surface area contributed by atoms with Gasteiger partial charge in [-0.15, -0.1) is 0 Å². The number of methoxy groups -OCH3 is 1. The summed E-state index contributed by atoms with van der Waals surface area (Å²) in [5.74, 6) is 1.81. The summed E-state index contributed by atoms with van der Waals surface area (Å²) in [7, 11) is 3.90. The highest BCUT2D eigenvalue weighted by atomic mass is 79.9. The van der Waals surface area contributed by atoms with Gasteiger partial charge in [0, 0.05) is 17.9 Å². The van der Waals surface area contributed by atoms with Crippen LogP contribution in [0.1, 0.15) is 18.4 Å². The van der Waals surface area contributed by atoms with Crippen LogP contribution < -0.4 is 4.74 Å². The van der Waals surface area contributed by atoms with E-state index in [1.165, 1.54) is 24.9 Å². The Morgan fingerprint density at radius 3 is 2.47 bits per heavy atom. The summed E-state index contributed by atoms with van der Waals surface area (Å²) in [4.78, 5) is 3.17. The summed E-state index contributed by atoms with van der Waals surface area (Å²) in [6.45, 7) is 2.22. The Hall–Kier alpha value is -0.540. The maximum absolute atomic E-state index is 5.16. The highest BCUT2D eigenvalue weighted by molar-refractivity contribution is 9.09. The molecule has 1 aromatic rings. The number of halogens is 1. The van der Waals surface area contributed by atoms with Crippen molar-refractivity contribution in [1.29, 1.82) is 0 Å². The third-order valence-corrected chi connectivity index (χ3v) is 4.11. The van der Waals surface area contributed by atoms with Crippen molar-refractivity contribution in [1.82, 2.24) is 4.90 Å². The number of hydrogen-bond donors (Lipinski definition) is 0. The Morgan fingerprint density at radius 2 is 1.94 bits per heavy atom. The van der Waals surface area contributed by atoms with Crippen molar-refractivity contribution >= 4 is 15.9 Å². The fourth-order valence-corrected chi connectivity index (χ4v) is 3.41. The summed E-state index contributed by atoms with van der Waals surface area (Å²) in [5.41, 5.74) is 1.35. The van der Waals surface area contributed by atoms with Crippen LogP contribution in [-0.2, 0) is 6.54 Å². The second-order valence-electron chi connectivity index (χ2n) is 4.98. The van der Waals surface area contributed by atoms with Gasteiger partial charge in [-0.05, 0) is 43.5 Å². The number of nitrogens with zero attached hydrogens (tertiary/aromatic N) is 1. The van der Waals surface area contributed by atoms with Crippen molar-refractivity contribution in [2.75, 3.05) is 20.7 Å². The molecule has 0 radical (unpaired) electrons. The van der Waals surface area contributed by atoms with Gasteiger partial charge in [0.2, 0.25) is 0 Å². The number of benzene rings is 1. The Morgan fingerprint density at radius 1 is 1.29 bits per heavy atom. The number of alkyl halides is 1. The van der Waals surface area contributed by atoms with Gasteiger partial charge in [-0.1, -0.05) is 28.1 Å². The normalized spacial score (nSPS) is 23.5. The Bertz CT molecular complexity index is 346. The molecule has 0 spiro atoms. The molecular weight excluding hydrogens is 278 g/mol. The second-order valence-corrected chi connectivity index (χ2v) is 6.27. The molecule has 2 rings (SSSR count). The lowest BCUT2D eigenvalue weighted by atomic mass is 9.85. The van der Waals surface area contributed by atoms with Crippen molar-refractivity contribution < 1.29 is 4.74 Å². The molecule has 17 heavy (non-hydrogen) atoms. The van der Waals surface area contributed by atoms with E-state index in [-0.39, 0.29) is 0 Å². The van der Waals surface area contributed by atoms with Crippen LogP contribution in [0, 0.1) is 5.92 Å². The zero-order valence-corrected chi connectivity index (χ0v) is 12.1. The highest BCUT2D eigenvalue weighted by Gasteiger charge is 2.27. The zero-order valence-electron chi connectivity index (χ0n) is 10.5. The Balaban J connectivity index is 1.78. The molecule has 94 valence electrons. The molecule has 2 nitrogen and oxygen atoms in total. The van der Waals surface area contributed by atoms with E-state index in [2.05, 4.69) is 40.0 Å². The van der Waals surface area contributed by atoms with E-state index >= 15 is 0 Å². The van der Waals surface area contributed by atoms with Crippen molar-refractivity contribution in [2.45, 2.75) is 24.2 Å². The summed E-state index contributed by atoms with van der Waals surface area (Å²) in [5, 5.41) is 0. The lowest BCUT2D eigenvalue weighted by Crippen LogP contribution is -2.34. The molecule has 0 bridgehead atoms. The third-order valence-electron chi connectivity index (χ3n) is 3.36. The molecule has 0 unspecified atom stereocenters. The summed E-state index contributed by atoms with van der Waals surface area (Å²) < 4.78 is 5.16. The minimum Gasteiger partial charge on any atom is -0.497 e. The molecule has 1 saturated carbocycles. The summed E-state index contributed by atoms with van der Waals surface area (Å²) in [6, 6.07) is 8.34. The van der Waals surface area contributed by atoms with Crippen molar-refractivity contribution in [2.24, 2.45) is 5.92 Å². The topological polar surface area (TPSA) is 12.5 Å². The van der Waals surface area contributed by atoms with Gasteiger partial charge in [0.1, 0.15) is 5.75 Å². The fraction of sp³-hybridized carbons (Fsp3) is 0.571. The van der Waals surface area contributed by atoms with Gasteiger partial charge in [0.15, 0.2) is 0 Å². The highest BCUT2D eigenvalue weighted by Crippen LogP contribution is 2.33. The number of rotatable bonds is 5. The monoisotopic (exact) mass is 297 g/mol. The second kappa shape index (κ2) is 5.87. The molecule has 0 aliphatic heterocycles. The third kappa shape index (κ3) is 3.71. The van der Waals surface area contributed by atoms with Crippen LogP contribution in [0.2, 0.25) is 0 Å². The first-order valence-electron chi connectivity index (χ1n) is 6.13. The minimum atomic E-state index is 0.766. The van der Waals surface area contributed by atoms with Gasteiger partial charge in [-0.2, -0.15) is 0 Å². The maximum atomic E-state index is 5.16. The Labute approximate surface area is 112 Å². The number of hydrogen-bond acceptors (Lipinski definition) is 2. The maximum Gasteiger partial charge on any atom is 0.118 e. The Kier molecular flexibility index (Phi) is 4.46. The average Bonchev–Trinajstić information content (AvgIpc) is 2.28. The molecule has 1 fully saturated rings. The van der Waals surface area contributed by atoms with E-state index in [0.717, 1.165) is 23.0 Å². The molecule has 0 atom stereocenters. The van der Waals surface area contributed by atoms with Gasteiger partial charge in [0.05, 0.1) is 7.11 Å². The van der Waals surface area contributed by atoms with E-state index in [1.54, 1.807) is 7.11 Å². The van der Waals surface area contributed by atoms with Gasteiger partial charge in [0.25, 0.3) is 0 Å². The zero-order chi connectivity index (χ0) is 12.3. The predicted octanol–water partition coefficient (Wildman–Crippen LogP) is 3.30. The summed E-state index contributed by atoms with van der Waals surface area (Å²) >= 11 is 3.64. The first-order valence-corrected chi connectivity index (χ1v) is 7.04. The van der Waals surface area contributed by atoms with Crippen molar-refractivity contribution in [3.8, 4) is 5.75 Å². The van der Waals surface area contributed by atoms with Gasteiger partial charge in [-0.25, -0.2) is 0 Å². The lowest BCUT2D eigenvalue weighted by molar-refractivity contribution is 0.208. The first kappa shape index (κ1) is 12.9. The van der Waals surface area contributed by atoms with Gasteiger partial charge in [-0.3, -0.25) is 0 Å².